The highest BCUT2D eigenvalue weighted by Crippen LogP contribution is 2.46. The summed E-state index contributed by atoms with van der Waals surface area (Å²) in [6.07, 6.45) is 2.46. The number of likely N-dealkylation sites (tertiary alicyclic amines) is 1. The lowest BCUT2D eigenvalue weighted by molar-refractivity contribution is -0.122. The van der Waals surface area contributed by atoms with Crippen molar-refractivity contribution in [2.75, 3.05) is 13.1 Å². The molecule has 0 aliphatic carbocycles. The van der Waals surface area contributed by atoms with Gasteiger partial charge in [0.1, 0.15) is 17.2 Å². The van der Waals surface area contributed by atoms with Crippen molar-refractivity contribution in [3.63, 3.8) is 0 Å². The first-order valence-corrected chi connectivity index (χ1v) is 11.0. The number of halogens is 1. The van der Waals surface area contributed by atoms with E-state index in [-0.39, 0.29) is 29.3 Å². The minimum Gasteiger partial charge on any atom is -0.487 e. The average molecular weight is 425 g/mol. The predicted molar refractivity (Wildman–Crippen MR) is 117 cm³/mol. The first-order chi connectivity index (χ1) is 14.9. The number of ether oxygens (including phenoxy) is 1. The Morgan fingerprint density at radius 1 is 1.13 bits per heavy atom. The molecule has 31 heavy (non-hydrogen) atoms. The number of rotatable bonds is 4. The van der Waals surface area contributed by atoms with Crippen LogP contribution in [0.3, 0.4) is 0 Å². The standard InChI is InChI=1S/C25H29FN2O3/c1-17(2)27-23(29)15-18-16-25(31-22-10-6-4-7-19(18)22)11-13-28(14-12-25)24(30)20-8-3-5-9-21(20)26/h3-10,17-18H,11-16H2,1-2H3,(H,27,29). The van der Waals surface area contributed by atoms with Crippen molar-refractivity contribution in [2.45, 2.75) is 57.1 Å². The molecule has 6 heteroatoms. The molecule has 2 aliphatic heterocycles. The van der Waals surface area contributed by atoms with E-state index < -0.39 is 11.4 Å². The van der Waals surface area contributed by atoms with Gasteiger partial charge in [-0.05, 0) is 44.0 Å². The van der Waals surface area contributed by atoms with Gasteiger partial charge in [-0.25, -0.2) is 4.39 Å². The summed E-state index contributed by atoms with van der Waals surface area (Å²) in [5.74, 6) is 0.158. The second kappa shape index (κ2) is 8.69. The lowest BCUT2D eigenvalue weighted by Gasteiger charge is -2.47. The summed E-state index contributed by atoms with van der Waals surface area (Å²) in [5, 5.41) is 2.99. The molecular formula is C25H29FN2O3. The minimum absolute atomic E-state index is 0.0408. The number of hydrogen-bond donors (Lipinski definition) is 1. The molecule has 4 rings (SSSR count). The molecule has 1 saturated heterocycles. The molecule has 2 aliphatic rings. The van der Waals surface area contributed by atoms with Crippen LogP contribution in [0.1, 0.15) is 61.4 Å². The van der Waals surface area contributed by atoms with Crippen molar-refractivity contribution in [3.05, 3.63) is 65.5 Å². The quantitative estimate of drug-likeness (QED) is 0.797. The van der Waals surface area contributed by atoms with Crippen LogP contribution < -0.4 is 10.1 Å². The van der Waals surface area contributed by atoms with Gasteiger partial charge in [0.05, 0.1) is 5.56 Å². The van der Waals surface area contributed by atoms with E-state index in [4.69, 9.17) is 4.74 Å². The molecular weight excluding hydrogens is 395 g/mol. The first-order valence-electron chi connectivity index (χ1n) is 11.0. The van der Waals surface area contributed by atoms with Gasteiger partial charge in [0, 0.05) is 44.3 Å². The number of nitrogens with zero attached hydrogens (tertiary/aromatic N) is 1. The zero-order valence-electron chi connectivity index (χ0n) is 18.1. The smallest absolute Gasteiger partial charge is 0.256 e. The van der Waals surface area contributed by atoms with Crippen molar-refractivity contribution in [2.24, 2.45) is 0 Å². The molecule has 5 nitrogen and oxygen atoms in total. The lowest BCUT2D eigenvalue weighted by Crippen LogP contribution is -2.52. The Morgan fingerprint density at radius 2 is 1.81 bits per heavy atom. The zero-order valence-corrected chi connectivity index (χ0v) is 18.1. The van der Waals surface area contributed by atoms with Crippen LogP contribution in [0.15, 0.2) is 48.5 Å². The maximum Gasteiger partial charge on any atom is 0.256 e. The summed E-state index contributed by atoms with van der Waals surface area (Å²) in [5.41, 5.74) is 0.761. The average Bonchev–Trinajstić information content (AvgIpc) is 2.73. The van der Waals surface area contributed by atoms with E-state index in [0.717, 1.165) is 17.7 Å². The van der Waals surface area contributed by atoms with Gasteiger partial charge in [0.15, 0.2) is 0 Å². The Labute approximate surface area is 182 Å². The Kier molecular flexibility index (Phi) is 5.99. The Bertz CT molecular complexity index is 967. The zero-order chi connectivity index (χ0) is 22.0. The van der Waals surface area contributed by atoms with Gasteiger partial charge in [-0.1, -0.05) is 30.3 Å². The molecule has 0 aromatic heterocycles. The third kappa shape index (κ3) is 4.58. The number of piperidine rings is 1. The largest absolute Gasteiger partial charge is 0.487 e. The van der Waals surface area contributed by atoms with Crippen LogP contribution in [0, 0.1) is 5.82 Å². The highest BCUT2D eigenvalue weighted by molar-refractivity contribution is 5.94. The van der Waals surface area contributed by atoms with E-state index in [0.29, 0.717) is 32.4 Å². The van der Waals surface area contributed by atoms with E-state index >= 15 is 0 Å². The topological polar surface area (TPSA) is 58.6 Å². The normalized spacial score (nSPS) is 19.6. The monoisotopic (exact) mass is 424 g/mol. The fourth-order valence-corrected chi connectivity index (χ4v) is 4.76. The Morgan fingerprint density at radius 3 is 2.52 bits per heavy atom. The number of carbonyl (C=O) groups is 2. The highest BCUT2D eigenvalue weighted by atomic mass is 19.1. The van der Waals surface area contributed by atoms with Crippen LogP contribution in [-0.2, 0) is 4.79 Å². The second-order valence-electron chi connectivity index (χ2n) is 8.92. The van der Waals surface area contributed by atoms with Crippen LogP contribution in [-0.4, -0.2) is 41.4 Å². The maximum atomic E-state index is 14.1. The summed E-state index contributed by atoms with van der Waals surface area (Å²) in [6, 6.07) is 14.1. The van der Waals surface area contributed by atoms with E-state index in [1.54, 1.807) is 17.0 Å². The fraction of sp³-hybridized carbons (Fsp3) is 0.440. The molecule has 2 amide bonds. The van der Waals surface area contributed by atoms with Crippen LogP contribution in [0.4, 0.5) is 4.39 Å². The molecule has 2 aromatic carbocycles. The van der Waals surface area contributed by atoms with Crippen LogP contribution >= 0.6 is 0 Å². The fourth-order valence-electron chi connectivity index (χ4n) is 4.76. The molecule has 1 spiro atoms. The first kappa shape index (κ1) is 21.3. The summed E-state index contributed by atoms with van der Waals surface area (Å²) >= 11 is 0. The van der Waals surface area contributed by atoms with E-state index in [1.165, 1.54) is 12.1 Å². The molecule has 2 aromatic rings. The van der Waals surface area contributed by atoms with Crippen molar-refractivity contribution in [3.8, 4) is 5.75 Å². The van der Waals surface area contributed by atoms with Gasteiger partial charge < -0.3 is 15.0 Å². The van der Waals surface area contributed by atoms with E-state index in [9.17, 15) is 14.0 Å². The van der Waals surface area contributed by atoms with Gasteiger partial charge in [0.2, 0.25) is 5.91 Å². The highest BCUT2D eigenvalue weighted by Gasteiger charge is 2.44. The van der Waals surface area contributed by atoms with Gasteiger partial charge in [-0.2, -0.15) is 0 Å². The van der Waals surface area contributed by atoms with Crippen molar-refractivity contribution < 1.29 is 18.7 Å². The van der Waals surface area contributed by atoms with Crippen LogP contribution in [0.5, 0.6) is 5.75 Å². The Hall–Kier alpha value is -2.89. The molecule has 0 saturated carbocycles. The van der Waals surface area contributed by atoms with Crippen molar-refractivity contribution in [1.29, 1.82) is 0 Å². The third-order valence-electron chi connectivity index (χ3n) is 6.25. The number of fused-ring (bicyclic) bond motifs is 1. The van der Waals surface area contributed by atoms with Gasteiger partial charge in [0.25, 0.3) is 5.91 Å². The number of nitrogens with one attached hydrogen (secondary N) is 1. The molecule has 0 radical (unpaired) electrons. The SMILES string of the molecule is CC(C)NC(=O)CC1CC2(CCN(C(=O)c3ccccc3F)CC2)Oc2ccccc21. The maximum absolute atomic E-state index is 14.1. The number of hydrogen-bond acceptors (Lipinski definition) is 3. The van der Waals surface area contributed by atoms with Crippen LogP contribution in [0.25, 0.3) is 0 Å². The predicted octanol–water partition coefficient (Wildman–Crippen LogP) is 4.28. The summed E-state index contributed by atoms with van der Waals surface area (Å²) in [6.45, 7) is 4.92. The van der Waals surface area contributed by atoms with Crippen molar-refractivity contribution >= 4 is 11.8 Å². The summed E-state index contributed by atoms with van der Waals surface area (Å²) in [4.78, 5) is 27.0. The van der Waals surface area contributed by atoms with E-state index in [2.05, 4.69) is 5.32 Å². The molecule has 2 heterocycles. The summed E-state index contributed by atoms with van der Waals surface area (Å²) in [7, 11) is 0. The number of benzene rings is 2. The second-order valence-corrected chi connectivity index (χ2v) is 8.92. The Balaban J connectivity index is 1.49. The van der Waals surface area contributed by atoms with Gasteiger partial charge in [-0.15, -0.1) is 0 Å². The summed E-state index contributed by atoms with van der Waals surface area (Å²) < 4.78 is 20.5. The third-order valence-corrected chi connectivity index (χ3v) is 6.25. The number of carbonyl (C=O) groups excluding carboxylic acids is 2. The molecule has 1 unspecified atom stereocenters. The molecule has 1 N–H and O–H groups in total. The molecule has 1 atom stereocenters. The van der Waals surface area contributed by atoms with E-state index in [1.807, 2.05) is 38.1 Å². The molecule has 164 valence electrons. The van der Waals surface area contributed by atoms with Gasteiger partial charge in [-0.3, -0.25) is 9.59 Å². The molecule has 0 bridgehead atoms. The van der Waals surface area contributed by atoms with Crippen molar-refractivity contribution in [1.82, 2.24) is 10.2 Å². The molecule has 1 fully saturated rings. The van der Waals surface area contributed by atoms with Crippen LogP contribution in [0.2, 0.25) is 0 Å². The number of amides is 2. The van der Waals surface area contributed by atoms with Gasteiger partial charge >= 0.3 is 0 Å². The minimum atomic E-state index is -0.494. The number of para-hydroxylation sites is 1. The lowest BCUT2D eigenvalue weighted by atomic mass is 9.76.